The predicted octanol–water partition coefficient (Wildman–Crippen LogP) is 4.73. The minimum atomic E-state index is -0.461. The number of aryl methyl sites for hydroxylation is 1. The normalized spacial score (nSPS) is 10.9. The van der Waals surface area contributed by atoms with Gasteiger partial charge in [-0.1, -0.05) is 6.07 Å². The zero-order valence-electron chi connectivity index (χ0n) is 10.0. The fourth-order valence-corrected chi connectivity index (χ4v) is 2.29. The van der Waals surface area contributed by atoms with Gasteiger partial charge in [0, 0.05) is 6.08 Å². The first-order valence-electron chi connectivity index (χ1n) is 5.46. The monoisotopic (exact) mass is 384 g/mol. The molecule has 0 fully saturated rings. The Morgan fingerprint density at radius 3 is 2.68 bits per heavy atom. The summed E-state index contributed by atoms with van der Waals surface area (Å²) in [4.78, 5) is 11.6. The van der Waals surface area contributed by atoms with E-state index in [9.17, 15) is 4.79 Å². The SMILES string of the molecule is Cc1ccc(OC(=O)C=Cc2ccc(Br)o2)c(Br)c1. The van der Waals surface area contributed by atoms with Crippen LogP contribution < -0.4 is 4.74 Å². The molecule has 0 aliphatic rings. The molecule has 5 heteroatoms. The number of ether oxygens (including phenoxy) is 1. The zero-order valence-corrected chi connectivity index (χ0v) is 13.2. The molecule has 0 spiro atoms. The van der Waals surface area contributed by atoms with Gasteiger partial charge in [0.25, 0.3) is 0 Å². The van der Waals surface area contributed by atoms with Gasteiger partial charge in [0.05, 0.1) is 4.47 Å². The Labute approximate surface area is 127 Å². The molecule has 0 saturated heterocycles. The molecule has 0 aliphatic carbocycles. The molecule has 0 aliphatic heterocycles. The Morgan fingerprint density at radius 1 is 1.26 bits per heavy atom. The smallest absolute Gasteiger partial charge is 0.336 e. The van der Waals surface area contributed by atoms with Gasteiger partial charge < -0.3 is 9.15 Å². The van der Waals surface area contributed by atoms with E-state index in [2.05, 4.69) is 31.9 Å². The number of benzene rings is 1. The Kier molecular flexibility index (Phi) is 4.61. The van der Waals surface area contributed by atoms with Crippen LogP contribution in [0.15, 0.2) is 50.0 Å². The van der Waals surface area contributed by atoms with Crippen molar-refractivity contribution in [2.75, 3.05) is 0 Å². The van der Waals surface area contributed by atoms with Crippen LogP contribution in [0.25, 0.3) is 6.08 Å². The quantitative estimate of drug-likeness (QED) is 0.435. The lowest BCUT2D eigenvalue weighted by Gasteiger charge is -2.04. The first-order valence-corrected chi connectivity index (χ1v) is 7.04. The van der Waals surface area contributed by atoms with Crippen LogP contribution in [0.3, 0.4) is 0 Å². The van der Waals surface area contributed by atoms with Gasteiger partial charge in [0.1, 0.15) is 11.5 Å². The van der Waals surface area contributed by atoms with Crippen LogP contribution in [0.5, 0.6) is 5.75 Å². The minimum Gasteiger partial charge on any atom is -0.450 e. The molecule has 19 heavy (non-hydrogen) atoms. The molecule has 1 heterocycles. The highest BCUT2D eigenvalue weighted by atomic mass is 79.9. The lowest BCUT2D eigenvalue weighted by atomic mass is 10.2. The van der Waals surface area contributed by atoms with Crippen molar-refractivity contribution in [1.82, 2.24) is 0 Å². The zero-order chi connectivity index (χ0) is 13.8. The van der Waals surface area contributed by atoms with E-state index in [4.69, 9.17) is 9.15 Å². The van der Waals surface area contributed by atoms with Crippen molar-refractivity contribution >= 4 is 43.9 Å². The molecule has 0 radical (unpaired) electrons. The molecule has 0 amide bonds. The fraction of sp³-hybridized carbons (Fsp3) is 0.0714. The van der Waals surface area contributed by atoms with Crippen molar-refractivity contribution < 1.29 is 13.9 Å². The Morgan fingerprint density at radius 2 is 2.05 bits per heavy atom. The van der Waals surface area contributed by atoms with Gasteiger partial charge in [-0.15, -0.1) is 0 Å². The predicted molar refractivity (Wildman–Crippen MR) is 80.0 cm³/mol. The van der Waals surface area contributed by atoms with Gasteiger partial charge >= 0.3 is 5.97 Å². The lowest BCUT2D eigenvalue weighted by Crippen LogP contribution is -2.04. The van der Waals surface area contributed by atoms with E-state index in [0.717, 1.165) is 10.0 Å². The molecule has 2 rings (SSSR count). The first kappa shape index (κ1) is 14.1. The summed E-state index contributed by atoms with van der Waals surface area (Å²) < 4.78 is 11.8. The second-order valence-electron chi connectivity index (χ2n) is 3.83. The maximum Gasteiger partial charge on any atom is 0.336 e. The molecule has 0 unspecified atom stereocenters. The van der Waals surface area contributed by atoms with Crippen molar-refractivity contribution in [3.05, 3.63) is 56.9 Å². The van der Waals surface area contributed by atoms with Gasteiger partial charge in [0.2, 0.25) is 0 Å². The maximum absolute atomic E-state index is 11.6. The molecule has 0 atom stereocenters. The van der Waals surface area contributed by atoms with E-state index >= 15 is 0 Å². The second-order valence-corrected chi connectivity index (χ2v) is 5.47. The van der Waals surface area contributed by atoms with E-state index in [1.165, 1.54) is 6.08 Å². The largest absolute Gasteiger partial charge is 0.450 e. The van der Waals surface area contributed by atoms with Crippen LogP contribution in [-0.4, -0.2) is 5.97 Å². The third-order valence-corrected chi connectivity index (χ3v) is 3.32. The summed E-state index contributed by atoms with van der Waals surface area (Å²) in [5.41, 5.74) is 1.09. The molecule has 98 valence electrons. The van der Waals surface area contributed by atoms with Crippen molar-refractivity contribution in [2.24, 2.45) is 0 Å². The molecule has 1 aromatic heterocycles. The summed E-state index contributed by atoms with van der Waals surface area (Å²) in [6.45, 7) is 1.96. The summed E-state index contributed by atoms with van der Waals surface area (Å²) in [6, 6.07) is 9.00. The first-order chi connectivity index (χ1) is 9.04. The van der Waals surface area contributed by atoms with Crippen molar-refractivity contribution in [1.29, 1.82) is 0 Å². The van der Waals surface area contributed by atoms with Crippen LogP contribution in [-0.2, 0) is 4.79 Å². The third kappa shape index (κ3) is 4.08. The van der Waals surface area contributed by atoms with Crippen molar-refractivity contribution in [3.8, 4) is 5.75 Å². The second kappa shape index (κ2) is 6.21. The van der Waals surface area contributed by atoms with Crippen LogP contribution in [0.4, 0.5) is 0 Å². The van der Waals surface area contributed by atoms with Gasteiger partial charge in [-0.25, -0.2) is 4.79 Å². The highest BCUT2D eigenvalue weighted by molar-refractivity contribution is 9.10. The van der Waals surface area contributed by atoms with Gasteiger partial charge in [-0.05, 0) is 74.7 Å². The molecular formula is C14H10Br2O3. The molecule has 1 aromatic carbocycles. The highest BCUT2D eigenvalue weighted by Gasteiger charge is 2.05. The van der Waals surface area contributed by atoms with Crippen LogP contribution in [0, 0.1) is 6.92 Å². The number of carbonyl (C=O) groups is 1. The molecule has 0 N–H and O–H groups in total. The number of hydrogen-bond donors (Lipinski definition) is 0. The average molecular weight is 386 g/mol. The van der Waals surface area contributed by atoms with E-state index < -0.39 is 5.97 Å². The number of carbonyl (C=O) groups excluding carboxylic acids is 1. The molecule has 0 bridgehead atoms. The lowest BCUT2D eigenvalue weighted by molar-refractivity contribution is -0.128. The molecular weight excluding hydrogens is 376 g/mol. The maximum atomic E-state index is 11.6. The summed E-state index contributed by atoms with van der Waals surface area (Å²) in [6.07, 6.45) is 2.87. The van der Waals surface area contributed by atoms with Crippen LogP contribution >= 0.6 is 31.9 Å². The Hall–Kier alpha value is -1.33. The van der Waals surface area contributed by atoms with Crippen molar-refractivity contribution in [3.63, 3.8) is 0 Å². The number of hydrogen-bond acceptors (Lipinski definition) is 3. The van der Waals surface area contributed by atoms with Crippen LogP contribution in [0.1, 0.15) is 11.3 Å². The van der Waals surface area contributed by atoms with Gasteiger partial charge in [0.15, 0.2) is 4.67 Å². The Balaban J connectivity index is 2.03. The van der Waals surface area contributed by atoms with Gasteiger partial charge in [-0.2, -0.15) is 0 Å². The Bertz CT molecular complexity index is 629. The summed E-state index contributed by atoms with van der Waals surface area (Å²) in [5, 5.41) is 0. The minimum absolute atomic E-state index is 0.461. The number of furan rings is 1. The van der Waals surface area contributed by atoms with Crippen LogP contribution in [0.2, 0.25) is 0 Å². The van der Waals surface area contributed by atoms with Crippen molar-refractivity contribution in [2.45, 2.75) is 6.92 Å². The topological polar surface area (TPSA) is 39.4 Å². The molecule has 0 saturated carbocycles. The average Bonchev–Trinajstić information content (AvgIpc) is 2.76. The van der Waals surface area contributed by atoms with Gasteiger partial charge in [-0.3, -0.25) is 0 Å². The number of halogens is 2. The summed E-state index contributed by atoms with van der Waals surface area (Å²) >= 11 is 6.54. The highest BCUT2D eigenvalue weighted by Crippen LogP contribution is 2.26. The fourth-order valence-electron chi connectivity index (χ4n) is 1.40. The summed E-state index contributed by atoms with van der Waals surface area (Å²) in [7, 11) is 0. The van der Waals surface area contributed by atoms with E-state index in [0.29, 0.717) is 16.2 Å². The van der Waals surface area contributed by atoms with E-state index in [1.807, 2.05) is 19.1 Å². The van der Waals surface area contributed by atoms with E-state index in [1.54, 1.807) is 24.3 Å². The number of esters is 1. The third-order valence-electron chi connectivity index (χ3n) is 2.28. The molecule has 2 aromatic rings. The van der Waals surface area contributed by atoms with E-state index in [-0.39, 0.29) is 0 Å². The standard InChI is InChI=1S/C14H10Br2O3/c1-9-2-5-12(11(15)8-9)19-14(17)7-4-10-3-6-13(16)18-10/h2-8H,1H3. The summed E-state index contributed by atoms with van der Waals surface area (Å²) in [5.74, 6) is 0.602. The number of rotatable bonds is 3. The molecule has 3 nitrogen and oxygen atoms in total.